The number of alkyl halides is 3. The number of nitrogens with zero attached hydrogens (tertiary/aromatic N) is 3. The van der Waals surface area contributed by atoms with Crippen LogP contribution in [0.4, 0.5) is 18.9 Å². The van der Waals surface area contributed by atoms with Crippen LogP contribution in [-0.2, 0) is 10.0 Å². The monoisotopic (exact) mass is 425 g/mol. The lowest BCUT2D eigenvalue weighted by atomic mass is 10.1. The molecule has 0 atom stereocenters. The van der Waals surface area contributed by atoms with Gasteiger partial charge in [-0.25, -0.2) is 8.42 Å². The van der Waals surface area contributed by atoms with E-state index in [0.717, 1.165) is 6.26 Å². The second-order valence-corrected chi connectivity index (χ2v) is 8.50. The van der Waals surface area contributed by atoms with Gasteiger partial charge in [0.15, 0.2) is 5.75 Å². The van der Waals surface area contributed by atoms with Gasteiger partial charge in [-0.15, -0.1) is 0 Å². The molecule has 0 aliphatic carbocycles. The van der Waals surface area contributed by atoms with Crippen LogP contribution in [0.1, 0.15) is 12.8 Å². The van der Waals surface area contributed by atoms with Gasteiger partial charge < -0.3 is 4.74 Å². The van der Waals surface area contributed by atoms with Crippen molar-refractivity contribution in [3.05, 3.63) is 34.4 Å². The van der Waals surface area contributed by atoms with Crippen LogP contribution in [0.25, 0.3) is 0 Å². The van der Waals surface area contributed by atoms with Crippen LogP contribution in [-0.4, -0.2) is 73.8 Å². The Morgan fingerprint density at radius 3 is 2.43 bits per heavy atom. The smallest absolute Gasteiger partial charge is 0.402 e. The molecule has 0 bridgehead atoms. The quantitative estimate of drug-likeness (QED) is 0.469. The first-order chi connectivity index (χ1) is 13.0. The summed E-state index contributed by atoms with van der Waals surface area (Å²) in [5, 5.41) is 10.9. The Morgan fingerprint density at radius 2 is 1.89 bits per heavy atom. The molecule has 1 aromatic carbocycles. The SMILES string of the molecule is CS(=O)(=O)N(CC(F)(F)F)C1CCN(CCOc2ccccc2[N+](=O)[O-])CC1. The van der Waals surface area contributed by atoms with Crippen molar-refractivity contribution in [1.82, 2.24) is 9.21 Å². The fraction of sp³-hybridized carbons (Fsp3) is 0.625. The van der Waals surface area contributed by atoms with Crippen LogP contribution >= 0.6 is 0 Å². The van der Waals surface area contributed by atoms with Crippen LogP contribution in [0.15, 0.2) is 24.3 Å². The molecule has 1 aliphatic heterocycles. The normalized spacial score (nSPS) is 17.0. The number of piperidine rings is 1. The molecule has 1 aliphatic rings. The summed E-state index contributed by atoms with van der Waals surface area (Å²) in [4.78, 5) is 12.3. The average molecular weight is 425 g/mol. The van der Waals surface area contributed by atoms with Gasteiger partial charge in [-0.3, -0.25) is 15.0 Å². The van der Waals surface area contributed by atoms with E-state index in [1.165, 1.54) is 18.2 Å². The predicted molar refractivity (Wildman–Crippen MR) is 95.7 cm³/mol. The van der Waals surface area contributed by atoms with Gasteiger partial charge in [0, 0.05) is 18.7 Å². The summed E-state index contributed by atoms with van der Waals surface area (Å²) in [6, 6.07) is 5.27. The maximum atomic E-state index is 12.7. The Bertz CT molecular complexity index is 780. The molecule has 8 nitrogen and oxygen atoms in total. The van der Waals surface area contributed by atoms with E-state index in [0.29, 0.717) is 23.9 Å². The van der Waals surface area contributed by atoms with Crippen LogP contribution < -0.4 is 4.74 Å². The predicted octanol–water partition coefficient (Wildman–Crippen LogP) is 2.26. The first-order valence-corrected chi connectivity index (χ1v) is 10.4. The van der Waals surface area contributed by atoms with Crippen molar-refractivity contribution < 1.29 is 31.2 Å². The summed E-state index contributed by atoms with van der Waals surface area (Å²) in [7, 11) is -3.97. The van der Waals surface area contributed by atoms with E-state index in [1.54, 1.807) is 6.07 Å². The fourth-order valence-electron chi connectivity index (χ4n) is 3.14. The van der Waals surface area contributed by atoms with Gasteiger partial charge in [-0.2, -0.15) is 17.5 Å². The van der Waals surface area contributed by atoms with Gasteiger partial charge in [0.2, 0.25) is 10.0 Å². The van der Waals surface area contributed by atoms with Gasteiger partial charge in [-0.1, -0.05) is 12.1 Å². The number of hydrogen-bond donors (Lipinski definition) is 0. The summed E-state index contributed by atoms with van der Waals surface area (Å²) in [6.45, 7) is -0.0639. The minimum Gasteiger partial charge on any atom is -0.485 e. The van der Waals surface area contributed by atoms with Crippen LogP contribution in [0, 0.1) is 10.1 Å². The zero-order valence-corrected chi connectivity index (χ0v) is 16.1. The van der Waals surface area contributed by atoms with Crippen molar-refractivity contribution in [2.75, 3.05) is 39.0 Å². The summed E-state index contributed by atoms with van der Waals surface area (Å²) in [5.74, 6) is 0.149. The average Bonchev–Trinajstić information content (AvgIpc) is 2.59. The standard InChI is InChI=1S/C16H22F3N3O5S/c1-28(25,26)21(12-16(17,18)19)13-6-8-20(9-7-13)10-11-27-15-5-3-2-4-14(15)22(23)24/h2-5,13H,6-12H2,1H3. The van der Waals surface area contributed by atoms with Gasteiger partial charge in [0.1, 0.15) is 13.2 Å². The molecule has 0 saturated carbocycles. The summed E-state index contributed by atoms with van der Waals surface area (Å²) in [5.41, 5.74) is -0.142. The molecule has 12 heteroatoms. The van der Waals surface area contributed by atoms with E-state index in [4.69, 9.17) is 4.74 Å². The molecular formula is C16H22F3N3O5S. The number of sulfonamides is 1. The van der Waals surface area contributed by atoms with E-state index in [2.05, 4.69) is 0 Å². The number of halogens is 3. The highest BCUT2D eigenvalue weighted by Gasteiger charge is 2.39. The zero-order valence-electron chi connectivity index (χ0n) is 15.3. The molecule has 158 valence electrons. The molecule has 1 aromatic rings. The Labute approximate surface area is 161 Å². The summed E-state index contributed by atoms with van der Waals surface area (Å²) >= 11 is 0. The van der Waals surface area contributed by atoms with Crippen molar-refractivity contribution >= 4 is 15.7 Å². The van der Waals surface area contributed by atoms with Gasteiger partial charge >= 0.3 is 11.9 Å². The van der Waals surface area contributed by atoms with Gasteiger partial charge in [0.05, 0.1) is 11.2 Å². The first-order valence-electron chi connectivity index (χ1n) is 8.59. The number of rotatable bonds is 8. The third-order valence-electron chi connectivity index (χ3n) is 4.45. The fourth-order valence-corrected chi connectivity index (χ4v) is 4.27. The van der Waals surface area contributed by atoms with E-state index in [-0.39, 0.29) is 30.9 Å². The summed E-state index contributed by atoms with van der Waals surface area (Å²) in [6.07, 6.45) is -3.27. The second kappa shape index (κ2) is 9.05. The lowest BCUT2D eigenvalue weighted by Gasteiger charge is -2.37. The van der Waals surface area contributed by atoms with E-state index in [1.807, 2.05) is 4.90 Å². The van der Waals surface area contributed by atoms with Crippen LogP contribution in [0.5, 0.6) is 5.75 Å². The molecule has 2 rings (SSSR count). The highest BCUT2D eigenvalue weighted by molar-refractivity contribution is 7.88. The van der Waals surface area contributed by atoms with E-state index in [9.17, 15) is 31.7 Å². The second-order valence-electron chi connectivity index (χ2n) is 6.57. The minimum absolute atomic E-state index is 0.142. The van der Waals surface area contributed by atoms with E-state index < -0.39 is 33.7 Å². The molecule has 1 heterocycles. The van der Waals surface area contributed by atoms with Crippen LogP contribution in [0.3, 0.4) is 0 Å². The zero-order chi connectivity index (χ0) is 20.9. The number of nitro benzene ring substituents is 1. The minimum atomic E-state index is -4.60. The Morgan fingerprint density at radius 1 is 1.29 bits per heavy atom. The maximum absolute atomic E-state index is 12.7. The molecule has 0 unspecified atom stereocenters. The molecule has 28 heavy (non-hydrogen) atoms. The first kappa shape index (κ1) is 22.4. The highest BCUT2D eigenvalue weighted by atomic mass is 32.2. The molecule has 0 radical (unpaired) electrons. The van der Waals surface area contributed by atoms with Crippen LogP contribution in [0.2, 0.25) is 0 Å². The molecule has 0 amide bonds. The van der Waals surface area contributed by atoms with Crippen molar-refractivity contribution in [3.63, 3.8) is 0 Å². The number of hydrogen-bond acceptors (Lipinski definition) is 6. The Hall–Kier alpha value is -1.92. The van der Waals surface area contributed by atoms with Crippen molar-refractivity contribution in [2.45, 2.75) is 25.1 Å². The largest absolute Gasteiger partial charge is 0.485 e. The lowest BCUT2D eigenvalue weighted by Crippen LogP contribution is -2.50. The van der Waals surface area contributed by atoms with E-state index >= 15 is 0 Å². The summed E-state index contributed by atoms with van der Waals surface area (Å²) < 4.78 is 67.6. The maximum Gasteiger partial charge on any atom is 0.402 e. The number of likely N-dealkylation sites (tertiary alicyclic amines) is 1. The number of ether oxygens (including phenoxy) is 1. The third kappa shape index (κ3) is 6.60. The molecule has 1 fully saturated rings. The lowest BCUT2D eigenvalue weighted by molar-refractivity contribution is -0.385. The highest BCUT2D eigenvalue weighted by Crippen LogP contribution is 2.27. The number of nitro groups is 1. The molecule has 0 spiro atoms. The van der Waals surface area contributed by atoms with Crippen molar-refractivity contribution in [1.29, 1.82) is 0 Å². The topological polar surface area (TPSA) is 93.0 Å². The molecular weight excluding hydrogens is 403 g/mol. The van der Waals surface area contributed by atoms with Gasteiger partial charge in [-0.05, 0) is 32.0 Å². The number of benzene rings is 1. The van der Waals surface area contributed by atoms with Crippen molar-refractivity contribution in [2.24, 2.45) is 0 Å². The molecule has 0 N–H and O–H groups in total. The molecule has 0 aromatic heterocycles. The molecule has 1 saturated heterocycles. The van der Waals surface area contributed by atoms with Gasteiger partial charge in [0.25, 0.3) is 0 Å². The Kier molecular flexibility index (Phi) is 7.23. The Balaban J connectivity index is 1.86. The number of para-hydroxylation sites is 2. The third-order valence-corrected chi connectivity index (χ3v) is 5.73. The van der Waals surface area contributed by atoms with Crippen molar-refractivity contribution in [3.8, 4) is 5.75 Å².